The minimum absolute atomic E-state index is 0.250. The van der Waals surface area contributed by atoms with Gasteiger partial charge < -0.3 is 15.9 Å². The third-order valence-corrected chi connectivity index (χ3v) is 6.05. The Hall–Kier alpha value is -2.87. The molecule has 8 heteroatoms. The highest BCUT2D eigenvalue weighted by molar-refractivity contribution is 9.10. The van der Waals surface area contributed by atoms with Crippen LogP contribution in [0.25, 0.3) is 22.6 Å². The molecule has 1 aliphatic heterocycles. The molecule has 0 radical (unpaired) electrons. The Morgan fingerprint density at radius 1 is 1.03 bits per heavy atom. The maximum atomic E-state index is 6.33. The molecule has 2 aliphatic rings. The molecule has 5 rings (SSSR count). The summed E-state index contributed by atoms with van der Waals surface area (Å²) in [4.78, 5) is 15.7. The third-order valence-electron chi connectivity index (χ3n) is 5.55. The standard InChI is InChI=1S/C21H21BrN6O/c22-14-6-4-5-13(11-14)18-25-16-12-15(7-8-17(16)29-18)28-20(24)26-19(23)27-21(28)9-2-1-3-10-21/h4-8,11-12H,1-3,9-10H2,(H4,23,24,26,27). The molecule has 0 atom stereocenters. The molecule has 1 aliphatic carbocycles. The van der Waals surface area contributed by atoms with Crippen LogP contribution in [-0.2, 0) is 0 Å². The fourth-order valence-corrected chi connectivity index (χ4v) is 4.69. The fraction of sp³-hybridized carbons (Fsp3) is 0.286. The molecule has 0 unspecified atom stereocenters. The SMILES string of the molecule is NC1=NC2(CCCCC2)N(c2ccc3oc(-c4cccc(Br)c4)nc3c2)C(N)=N1. The number of oxazole rings is 1. The second-order valence-corrected chi connectivity index (χ2v) is 8.42. The van der Waals surface area contributed by atoms with Crippen molar-refractivity contribution in [2.75, 3.05) is 4.90 Å². The van der Waals surface area contributed by atoms with Crippen LogP contribution >= 0.6 is 15.9 Å². The second-order valence-electron chi connectivity index (χ2n) is 7.50. The van der Waals surface area contributed by atoms with Gasteiger partial charge in [-0.25, -0.2) is 9.98 Å². The molecule has 7 nitrogen and oxygen atoms in total. The van der Waals surface area contributed by atoms with Crippen LogP contribution in [0.1, 0.15) is 32.1 Å². The number of rotatable bonds is 2. The zero-order chi connectivity index (χ0) is 20.0. The largest absolute Gasteiger partial charge is 0.436 e. The van der Waals surface area contributed by atoms with Gasteiger partial charge in [-0.05, 0) is 62.1 Å². The molecule has 29 heavy (non-hydrogen) atoms. The highest BCUT2D eigenvalue weighted by Crippen LogP contribution is 2.40. The minimum atomic E-state index is -0.474. The number of anilines is 1. The van der Waals surface area contributed by atoms with E-state index in [1.807, 2.05) is 47.4 Å². The van der Waals surface area contributed by atoms with E-state index in [-0.39, 0.29) is 5.96 Å². The van der Waals surface area contributed by atoms with Gasteiger partial charge in [0.1, 0.15) is 11.2 Å². The van der Waals surface area contributed by atoms with E-state index >= 15 is 0 Å². The van der Waals surface area contributed by atoms with Gasteiger partial charge in [-0.1, -0.05) is 28.4 Å². The van der Waals surface area contributed by atoms with E-state index in [1.165, 1.54) is 6.42 Å². The first-order chi connectivity index (χ1) is 14.0. The van der Waals surface area contributed by atoms with Crippen molar-refractivity contribution in [1.29, 1.82) is 0 Å². The normalized spacial score (nSPS) is 18.7. The first-order valence-corrected chi connectivity index (χ1v) is 10.5. The van der Waals surface area contributed by atoms with Crippen LogP contribution in [0.4, 0.5) is 5.69 Å². The van der Waals surface area contributed by atoms with Gasteiger partial charge in [0.05, 0.1) is 0 Å². The topological polar surface area (TPSA) is 106 Å². The van der Waals surface area contributed by atoms with Crippen molar-refractivity contribution in [2.45, 2.75) is 37.8 Å². The Balaban J connectivity index is 1.58. The summed E-state index contributed by atoms with van der Waals surface area (Å²) in [6.45, 7) is 0. The molecule has 2 aromatic carbocycles. The summed E-state index contributed by atoms with van der Waals surface area (Å²) in [5, 5.41) is 0. The summed E-state index contributed by atoms with van der Waals surface area (Å²) in [7, 11) is 0. The predicted molar refractivity (Wildman–Crippen MR) is 119 cm³/mol. The quantitative estimate of drug-likeness (QED) is 0.600. The van der Waals surface area contributed by atoms with Crippen molar-refractivity contribution >= 4 is 44.6 Å². The number of aliphatic imine (C=N–C) groups is 2. The van der Waals surface area contributed by atoms with Crippen molar-refractivity contribution in [3.8, 4) is 11.5 Å². The highest BCUT2D eigenvalue weighted by atomic mass is 79.9. The van der Waals surface area contributed by atoms with Gasteiger partial charge in [0.2, 0.25) is 17.8 Å². The molecule has 3 aromatic rings. The number of halogens is 1. The Labute approximate surface area is 176 Å². The summed E-state index contributed by atoms with van der Waals surface area (Å²) in [6, 6.07) is 13.8. The molecular formula is C21H21BrN6O. The van der Waals surface area contributed by atoms with Gasteiger partial charge in [-0.15, -0.1) is 0 Å². The number of hydrogen-bond acceptors (Lipinski definition) is 7. The third kappa shape index (κ3) is 3.17. The molecular weight excluding hydrogens is 432 g/mol. The lowest BCUT2D eigenvalue weighted by molar-refractivity contribution is 0.305. The van der Waals surface area contributed by atoms with Crippen LogP contribution in [0.2, 0.25) is 0 Å². The molecule has 2 heterocycles. The van der Waals surface area contributed by atoms with Crippen molar-refractivity contribution in [1.82, 2.24) is 4.98 Å². The van der Waals surface area contributed by atoms with Gasteiger partial charge in [-0.2, -0.15) is 4.99 Å². The van der Waals surface area contributed by atoms with Crippen LogP contribution in [0.15, 0.2) is 61.3 Å². The van der Waals surface area contributed by atoms with Crippen molar-refractivity contribution in [2.24, 2.45) is 21.5 Å². The summed E-state index contributed by atoms with van der Waals surface area (Å²) in [6.07, 6.45) is 5.15. The van der Waals surface area contributed by atoms with Crippen molar-refractivity contribution in [3.63, 3.8) is 0 Å². The summed E-state index contributed by atoms with van der Waals surface area (Å²) < 4.78 is 6.95. The van der Waals surface area contributed by atoms with Gasteiger partial charge in [0, 0.05) is 15.7 Å². The Morgan fingerprint density at radius 3 is 2.66 bits per heavy atom. The molecule has 1 spiro atoms. The molecule has 0 saturated heterocycles. The Bertz CT molecular complexity index is 1150. The first-order valence-electron chi connectivity index (χ1n) is 9.70. The highest BCUT2D eigenvalue weighted by Gasteiger charge is 2.42. The average Bonchev–Trinajstić information content (AvgIpc) is 3.11. The van der Waals surface area contributed by atoms with Gasteiger partial charge in [0.25, 0.3) is 0 Å². The lowest BCUT2D eigenvalue weighted by Gasteiger charge is -2.45. The lowest BCUT2D eigenvalue weighted by atomic mass is 9.87. The molecule has 4 N–H and O–H groups in total. The lowest BCUT2D eigenvalue weighted by Crippen LogP contribution is -2.58. The van der Waals surface area contributed by atoms with E-state index in [9.17, 15) is 0 Å². The van der Waals surface area contributed by atoms with Crippen LogP contribution in [0.3, 0.4) is 0 Å². The fourth-order valence-electron chi connectivity index (χ4n) is 4.29. The maximum Gasteiger partial charge on any atom is 0.227 e. The molecule has 0 amide bonds. The summed E-state index contributed by atoms with van der Waals surface area (Å²) in [5.74, 6) is 1.20. The Kier molecular flexibility index (Phi) is 4.31. The number of nitrogens with two attached hydrogens (primary N) is 2. The zero-order valence-corrected chi connectivity index (χ0v) is 17.4. The molecule has 0 bridgehead atoms. The smallest absolute Gasteiger partial charge is 0.227 e. The summed E-state index contributed by atoms with van der Waals surface area (Å²) in [5.41, 5.74) is 15.1. The van der Waals surface area contributed by atoms with E-state index in [1.54, 1.807) is 0 Å². The summed E-state index contributed by atoms with van der Waals surface area (Å²) >= 11 is 3.49. The molecule has 1 fully saturated rings. The maximum absolute atomic E-state index is 6.33. The van der Waals surface area contributed by atoms with E-state index in [0.29, 0.717) is 11.9 Å². The van der Waals surface area contributed by atoms with Crippen molar-refractivity contribution in [3.05, 3.63) is 46.9 Å². The number of nitrogens with zero attached hydrogens (tertiary/aromatic N) is 4. The van der Waals surface area contributed by atoms with Gasteiger partial charge in [0.15, 0.2) is 5.58 Å². The molecule has 1 aromatic heterocycles. The van der Waals surface area contributed by atoms with Crippen LogP contribution in [0, 0.1) is 0 Å². The van der Waals surface area contributed by atoms with E-state index in [2.05, 4.69) is 20.9 Å². The number of aromatic nitrogens is 1. The molecule has 148 valence electrons. The van der Waals surface area contributed by atoms with Crippen LogP contribution in [-0.4, -0.2) is 22.6 Å². The van der Waals surface area contributed by atoms with E-state index in [4.69, 9.17) is 25.9 Å². The van der Waals surface area contributed by atoms with Crippen LogP contribution < -0.4 is 16.4 Å². The zero-order valence-electron chi connectivity index (χ0n) is 15.8. The molecule has 1 saturated carbocycles. The Morgan fingerprint density at radius 2 is 1.86 bits per heavy atom. The van der Waals surface area contributed by atoms with Gasteiger partial charge in [-0.3, -0.25) is 4.90 Å². The number of fused-ring (bicyclic) bond motifs is 1. The van der Waals surface area contributed by atoms with Gasteiger partial charge >= 0.3 is 0 Å². The van der Waals surface area contributed by atoms with E-state index < -0.39 is 5.66 Å². The second kappa shape index (κ2) is 6.88. The first kappa shape index (κ1) is 18.2. The number of hydrogen-bond donors (Lipinski definition) is 2. The average molecular weight is 453 g/mol. The van der Waals surface area contributed by atoms with Crippen LogP contribution in [0.5, 0.6) is 0 Å². The predicted octanol–water partition coefficient (Wildman–Crippen LogP) is 4.37. The number of benzene rings is 2. The van der Waals surface area contributed by atoms with Crippen molar-refractivity contribution < 1.29 is 4.42 Å². The monoisotopic (exact) mass is 452 g/mol. The minimum Gasteiger partial charge on any atom is -0.436 e. The number of guanidine groups is 2. The van der Waals surface area contributed by atoms with E-state index in [0.717, 1.165) is 52.5 Å².